The number of pyridine rings is 1. The number of anilines is 1. The van der Waals surface area contributed by atoms with Gasteiger partial charge >= 0.3 is 0 Å². The third-order valence-electron chi connectivity index (χ3n) is 4.75. The lowest BCUT2D eigenvalue weighted by molar-refractivity contribution is 0.528. The molecule has 1 N–H and O–H groups in total. The Balaban J connectivity index is 1.69. The Kier molecular flexibility index (Phi) is 5.19. The first-order chi connectivity index (χ1) is 11.5. The van der Waals surface area contributed by atoms with Crippen molar-refractivity contribution >= 4 is 5.82 Å². The molecule has 0 aliphatic carbocycles. The first kappa shape index (κ1) is 17.0. The summed E-state index contributed by atoms with van der Waals surface area (Å²) in [5.74, 6) is 1.16. The summed E-state index contributed by atoms with van der Waals surface area (Å²) >= 11 is 0. The minimum Gasteiger partial charge on any atom is -0.356 e. The highest BCUT2D eigenvalue weighted by Gasteiger charge is 2.18. The van der Waals surface area contributed by atoms with Crippen LogP contribution in [0.25, 0.3) is 0 Å². The second-order valence-electron chi connectivity index (χ2n) is 7.08. The largest absolute Gasteiger partial charge is 0.356 e. The highest BCUT2D eigenvalue weighted by atomic mass is 15.3. The zero-order valence-corrected chi connectivity index (χ0v) is 15.3. The first-order valence-electron chi connectivity index (χ1n) is 9.03. The molecule has 5 heteroatoms. The van der Waals surface area contributed by atoms with Gasteiger partial charge in [-0.15, -0.1) is 0 Å². The van der Waals surface area contributed by atoms with Crippen LogP contribution in [-0.2, 0) is 6.54 Å². The van der Waals surface area contributed by atoms with E-state index in [2.05, 4.69) is 61.3 Å². The van der Waals surface area contributed by atoms with E-state index in [1.54, 1.807) is 0 Å². The molecule has 0 amide bonds. The average Bonchev–Trinajstić information content (AvgIpc) is 3.24. The summed E-state index contributed by atoms with van der Waals surface area (Å²) < 4.78 is 2.01. The van der Waals surface area contributed by atoms with Gasteiger partial charge in [-0.05, 0) is 46.6 Å². The average molecular weight is 327 g/mol. The van der Waals surface area contributed by atoms with Gasteiger partial charge in [0.2, 0.25) is 0 Å². The third-order valence-corrected chi connectivity index (χ3v) is 4.75. The summed E-state index contributed by atoms with van der Waals surface area (Å²) in [5, 5.41) is 8.07. The lowest BCUT2D eigenvalue weighted by atomic mass is 10.1. The second kappa shape index (κ2) is 7.34. The van der Waals surface area contributed by atoms with Crippen molar-refractivity contribution in [2.45, 2.75) is 59.2 Å². The predicted octanol–water partition coefficient (Wildman–Crippen LogP) is 3.62. The molecular formula is C19H29N5. The van der Waals surface area contributed by atoms with E-state index in [0.29, 0.717) is 6.04 Å². The van der Waals surface area contributed by atoms with Gasteiger partial charge in [0.05, 0.1) is 6.20 Å². The van der Waals surface area contributed by atoms with E-state index in [0.717, 1.165) is 31.1 Å². The number of nitrogens with one attached hydrogen (secondary N) is 1. The van der Waals surface area contributed by atoms with E-state index in [1.165, 1.54) is 24.0 Å². The number of rotatable bonds is 6. The summed E-state index contributed by atoms with van der Waals surface area (Å²) in [6.07, 6.45) is 6.64. The molecule has 24 heavy (non-hydrogen) atoms. The van der Waals surface area contributed by atoms with Crippen LogP contribution in [0.2, 0.25) is 0 Å². The summed E-state index contributed by atoms with van der Waals surface area (Å²) in [4.78, 5) is 7.22. The molecule has 5 nitrogen and oxygen atoms in total. The molecule has 2 aromatic rings. The number of aryl methyl sites for hydroxylation is 1. The standard InChI is InChI=1S/C19H29N5/c1-14(2)24-13-18(12-21-24)16(4)20-11-17-8-7-15(3)22-19(17)23-9-5-6-10-23/h7-8,12-14,16,20H,5-6,9-11H2,1-4H3/t16-/m1/s1. The molecule has 1 saturated heterocycles. The minimum atomic E-state index is 0.269. The molecule has 2 aromatic heterocycles. The molecule has 1 aliphatic rings. The number of hydrogen-bond donors (Lipinski definition) is 1. The van der Waals surface area contributed by atoms with E-state index in [9.17, 15) is 0 Å². The van der Waals surface area contributed by atoms with E-state index >= 15 is 0 Å². The van der Waals surface area contributed by atoms with Crippen molar-refractivity contribution < 1.29 is 0 Å². The van der Waals surface area contributed by atoms with Gasteiger partial charge in [-0.1, -0.05) is 6.07 Å². The molecule has 0 bridgehead atoms. The highest BCUT2D eigenvalue weighted by Crippen LogP contribution is 2.24. The number of aromatic nitrogens is 3. The van der Waals surface area contributed by atoms with E-state index in [-0.39, 0.29) is 6.04 Å². The Bertz CT molecular complexity index is 670. The summed E-state index contributed by atoms with van der Waals surface area (Å²) in [5.41, 5.74) is 3.60. The first-order valence-corrected chi connectivity index (χ1v) is 9.03. The maximum atomic E-state index is 4.80. The predicted molar refractivity (Wildman–Crippen MR) is 98.3 cm³/mol. The lowest BCUT2D eigenvalue weighted by Crippen LogP contribution is -2.24. The van der Waals surface area contributed by atoms with Gasteiger partial charge in [-0.3, -0.25) is 4.68 Å². The van der Waals surface area contributed by atoms with Gasteiger partial charge < -0.3 is 10.2 Å². The fourth-order valence-corrected chi connectivity index (χ4v) is 3.15. The Hall–Kier alpha value is -1.88. The molecule has 0 spiro atoms. The molecule has 0 aromatic carbocycles. The molecule has 1 fully saturated rings. The number of nitrogens with zero attached hydrogens (tertiary/aromatic N) is 4. The van der Waals surface area contributed by atoms with Crippen molar-refractivity contribution in [2.24, 2.45) is 0 Å². The van der Waals surface area contributed by atoms with Crippen LogP contribution in [0.4, 0.5) is 5.82 Å². The number of hydrogen-bond acceptors (Lipinski definition) is 4. The van der Waals surface area contributed by atoms with E-state index in [1.807, 2.05) is 10.9 Å². The Morgan fingerprint density at radius 3 is 2.58 bits per heavy atom. The summed E-state index contributed by atoms with van der Waals surface area (Å²) in [7, 11) is 0. The molecule has 0 unspecified atom stereocenters. The lowest BCUT2D eigenvalue weighted by Gasteiger charge is -2.22. The van der Waals surface area contributed by atoms with Crippen LogP contribution in [0.3, 0.4) is 0 Å². The third kappa shape index (κ3) is 3.78. The van der Waals surface area contributed by atoms with Gasteiger partial charge in [0, 0.05) is 54.7 Å². The molecule has 3 rings (SSSR count). The molecular weight excluding hydrogens is 298 g/mol. The van der Waals surface area contributed by atoms with Crippen molar-refractivity contribution in [1.82, 2.24) is 20.1 Å². The fraction of sp³-hybridized carbons (Fsp3) is 0.579. The van der Waals surface area contributed by atoms with Crippen molar-refractivity contribution in [3.8, 4) is 0 Å². The maximum absolute atomic E-state index is 4.80. The summed E-state index contributed by atoms with van der Waals surface area (Å²) in [6, 6.07) is 4.99. The van der Waals surface area contributed by atoms with Crippen LogP contribution < -0.4 is 10.2 Å². The van der Waals surface area contributed by atoms with Gasteiger partial charge in [0.1, 0.15) is 5.82 Å². The van der Waals surface area contributed by atoms with Crippen LogP contribution >= 0.6 is 0 Å². The van der Waals surface area contributed by atoms with Crippen molar-refractivity contribution in [3.05, 3.63) is 41.3 Å². The fourth-order valence-electron chi connectivity index (χ4n) is 3.15. The molecule has 1 atom stereocenters. The molecule has 0 saturated carbocycles. The van der Waals surface area contributed by atoms with E-state index < -0.39 is 0 Å². The summed E-state index contributed by atoms with van der Waals surface area (Å²) in [6.45, 7) is 11.6. The molecule has 130 valence electrons. The van der Waals surface area contributed by atoms with Crippen LogP contribution in [0, 0.1) is 6.92 Å². The Labute approximate surface area is 145 Å². The molecule has 0 radical (unpaired) electrons. The maximum Gasteiger partial charge on any atom is 0.133 e. The van der Waals surface area contributed by atoms with Gasteiger partial charge in [-0.25, -0.2) is 4.98 Å². The van der Waals surface area contributed by atoms with Crippen LogP contribution in [0.1, 0.15) is 62.5 Å². The van der Waals surface area contributed by atoms with Gasteiger partial charge in [-0.2, -0.15) is 5.10 Å². The SMILES string of the molecule is Cc1ccc(CN[C@H](C)c2cnn(C(C)C)c2)c(N2CCCC2)n1. The second-order valence-corrected chi connectivity index (χ2v) is 7.08. The van der Waals surface area contributed by atoms with Crippen LogP contribution in [0.5, 0.6) is 0 Å². The van der Waals surface area contributed by atoms with Crippen molar-refractivity contribution in [1.29, 1.82) is 0 Å². The topological polar surface area (TPSA) is 46.0 Å². The Morgan fingerprint density at radius 1 is 1.17 bits per heavy atom. The van der Waals surface area contributed by atoms with Gasteiger partial charge in [0.15, 0.2) is 0 Å². The zero-order valence-electron chi connectivity index (χ0n) is 15.3. The van der Waals surface area contributed by atoms with Crippen molar-refractivity contribution in [3.63, 3.8) is 0 Å². The minimum absolute atomic E-state index is 0.269. The normalized spacial score (nSPS) is 16.1. The monoisotopic (exact) mass is 327 g/mol. The molecule has 1 aliphatic heterocycles. The van der Waals surface area contributed by atoms with Crippen molar-refractivity contribution in [2.75, 3.05) is 18.0 Å². The highest BCUT2D eigenvalue weighted by molar-refractivity contribution is 5.48. The smallest absolute Gasteiger partial charge is 0.133 e. The van der Waals surface area contributed by atoms with Gasteiger partial charge in [0.25, 0.3) is 0 Å². The Morgan fingerprint density at radius 2 is 1.92 bits per heavy atom. The van der Waals surface area contributed by atoms with Crippen LogP contribution in [-0.4, -0.2) is 27.9 Å². The zero-order chi connectivity index (χ0) is 17.1. The van der Waals surface area contributed by atoms with E-state index in [4.69, 9.17) is 4.98 Å². The van der Waals surface area contributed by atoms with Crippen LogP contribution in [0.15, 0.2) is 24.5 Å². The molecule has 3 heterocycles. The quantitative estimate of drug-likeness (QED) is 0.880.